The van der Waals surface area contributed by atoms with Crippen molar-refractivity contribution in [2.24, 2.45) is 16.8 Å². The number of hydrogen-bond donors (Lipinski definition) is 1. The Morgan fingerprint density at radius 3 is 2.71 bits per heavy atom. The number of hydrogen-bond acceptors (Lipinski definition) is 4. The van der Waals surface area contributed by atoms with Gasteiger partial charge >= 0.3 is 0 Å². The molecule has 2 aliphatic rings. The second-order valence-corrected chi connectivity index (χ2v) is 8.76. The molecule has 2 saturated heterocycles. The molecular weight excluding hydrogens is 483 g/mol. The molecule has 5 nitrogen and oxygen atoms in total. The molecule has 0 radical (unpaired) electrons. The quantitative estimate of drug-likeness (QED) is 0.260. The number of benzene rings is 1. The maximum absolute atomic E-state index is 5.44. The Kier molecular flexibility index (Phi) is 11.0. The van der Waals surface area contributed by atoms with Gasteiger partial charge in [-0.25, -0.2) is 0 Å². The lowest BCUT2D eigenvalue weighted by atomic mass is 10.1. The van der Waals surface area contributed by atoms with E-state index in [0.717, 1.165) is 64.4 Å². The second-order valence-electron chi connectivity index (χ2n) is 7.67. The average Bonchev–Trinajstić information content (AvgIpc) is 3.17. The van der Waals surface area contributed by atoms with E-state index in [4.69, 9.17) is 4.74 Å². The van der Waals surface area contributed by atoms with Crippen LogP contribution in [0.2, 0.25) is 0 Å². The highest BCUT2D eigenvalue weighted by Crippen LogP contribution is 2.25. The first-order valence-electron chi connectivity index (χ1n) is 10.2. The number of halogens is 1. The van der Waals surface area contributed by atoms with E-state index < -0.39 is 0 Å². The Morgan fingerprint density at radius 2 is 2.00 bits per heavy atom. The second kappa shape index (κ2) is 12.9. The van der Waals surface area contributed by atoms with Crippen LogP contribution in [0.4, 0.5) is 0 Å². The maximum atomic E-state index is 5.44. The number of rotatable bonds is 7. The van der Waals surface area contributed by atoms with Crippen molar-refractivity contribution in [2.45, 2.75) is 18.2 Å². The molecule has 28 heavy (non-hydrogen) atoms. The molecule has 1 aromatic rings. The Labute approximate surface area is 191 Å². The van der Waals surface area contributed by atoms with E-state index in [1.807, 2.05) is 18.8 Å². The van der Waals surface area contributed by atoms with Crippen molar-refractivity contribution >= 4 is 41.7 Å². The van der Waals surface area contributed by atoms with Gasteiger partial charge in [0.15, 0.2) is 5.96 Å². The minimum atomic E-state index is 0. The molecule has 0 spiro atoms. The molecule has 2 unspecified atom stereocenters. The van der Waals surface area contributed by atoms with Crippen LogP contribution in [0.1, 0.15) is 13.3 Å². The van der Waals surface area contributed by atoms with Crippen LogP contribution in [0, 0.1) is 11.8 Å². The van der Waals surface area contributed by atoms with E-state index in [1.54, 1.807) is 0 Å². The fraction of sp³-hybridized carbons (Fsp3) is 0.667. The number of thioether (sulfide) groups is 1. The fourth-order valence-corrected chi connectivity index (χ4v) is 4.83. The van der Waals surface area contributed by atoms with Crippen LogP contribution in [0.15, 0.2) is 40.2 Å². The molecule has 7 heteroatoms. The van der Waals surface area contributed by atoms with E-state index in [0.29, 0.717) is 5.92 Å². The molecule has 2 heterocycles. The van der Waals surface area contributed by atoms with E-state index in [2.05, 4.69) is 57.4 Å². The van der Waals surface area contributed by atoms with Crippen molar-refractivity contribution in [3.8, 4) is 0 Å². The molecule has 2 atom stereocenters. The summed E-state index contributed by atoms with van der Waals surface area (Å²) in [6, 6.07) is 10.7. The summed E-state index contributed by atoms with van der Waals surface area (Å²) < 4.78 is 5.44. The van der Waals surface area contributed by atoms with Gasteiger partial charge in [0.05, 0.1) is 13.2 Å². The Morgan fingerprint density at radius 1 is 1.25 bits per heavy atom. The van der Waals surface area contributed by atoms with Crippen LogP contribution in [-0.2, 0) is 4.74 Å². The van der Waals surface area contributed by atoms with Crippen molar-refractivity contribution in [2.75, 3.05) is 65.3 Å². The Hall–Kier alpha value is -0.510. The van der Waals surface area contributed by atoms with Crippen LogP contribution < -0.4 is 5.32 Å². The summed E-state index contributed by atoms with van der Waals surface area (Å²) in [6.07, 6.45) is 1.25. The molecule has 0 amide bonds. The predicted molar refractivity (Wildman–Crippen MR) is 130 cm³/mol. The smallest absolute Gasteiger partial charge is 0.193 e. The molecule has 158 valence electrons. The largest absolute Gasteiger partial charge is 0.379 e. The lowest BCUT2D eigenvalue weighted by Crippen LogP contribution is -2.45. The summed E-state index contributed by atoms with van der Waals surface area (Å²) in [6.45, 7) is 10.5. The van der Waals surface area contributed by atoms with E-state index >= 15 is 0 Å². The van der Waals surface area contributed by atoms with Crippen molar-refractivity contribution < 1.29 is 4.74 Å². The van der Waals surface area contributed by atoms with Gasteiger partial charge in [0, 0.05) is 57.0 Å². The first kappa shape index (κ1) is 23.8. The third kappa shape index (κ3) is 7.72. The first-order valence-corrected chi connectivity index (χ1v) is 11.2. The van der Waals surface area contributed by atoms with Gasteiger partial charge in [-0.15, -0.1) is 35.7 Å². The van der Waals surface area contributed by atoms with Gasteiger partial charge in [0.25, 0.3) is 0 Å². The summed E-state index contributed by atoms with van der Waals surface area (Å²) >= 11 is 1.97. The summed E-state index contributed by atoms with van der Waals surface area (Å²) in [5.74, 6) is 3.59. The van der Waals surface area contributed by atoms with Gasteiger partial charge in [-0.3, -0.25) is 9.89 Å². The number of nitrogens with one attached hydrogen (secondary N) is 1. The summed E-state index contributed by atoms with van der Waals surface area (Å²) in [7, 11) is 1.90. The van der Waals surface area contributed by atoms with Gasteiger partial charge in [-0.05, 0) is 30.4 Å². The molecule has 0 bridgehead atoms. The van der Waals surface area contributed by atoms with E-state index in [1.165, 1.54) is 17.1 Å². The number of aliphatic imine (C=N–C) groups is 1. The molecule has 0 aromatic heterocycles. The Bertz CT molecular complexity index is 583. The van der Waals surface area contributed by atoms with Crippen molar-refractivity contribution in [1.82, 2.24) is 15.1 Å². The summed E-state index contributed by atoms with van der Waals surface area (Å²) in [5, 5.41) is 3.61. The summed E-state index contributed by atoms with van der Waals surface area (Å²) in [5.41, 5.74) is 0. The molecule has 0 saturated carbocycles. The van der Waals surface area contributed by atoms with Crippen molar-refractivity contribution in [3.05, 3.63) is 30.3 Å². The van der Waals surface area contributed by atoms with E-state index in [-0.39, 0.29) is 24.0 Å². The lowest BCUT2D eigenvalue weighted by Gasteiger charge is -2.30. The maximum Gasteiger partial charge on any atom is 0.193 e. The minimum Gasteiger partial charge on any atom is -0.379 e. The third-order valence-corrected chi connectivity index (χ3v) is 6.55. The monoisotopic (exact) mass is 518 g/mol. The fourth-order valence-electron chi connectivity index (χ4n) is 3.78. The topological polar surface area (TPSA) is 40.1 Å². The van der Waals surface area contributed by atoms with Gasteiger partial charge in [0.2, 0.25) is 0 Å². The normalized spacial score (nSPS) is 22.0. The zero-order chi connectivity index (χ0) is 18.9. The predicted octanol–water partition coefficient (Wildman–Crippen LogP) is 3.26. The number of likely N-dealkylation sites (tertiary alicyclic amines) is 1. The molecule has 1 aromatic carbocycles. The molecule has 2 aliphatic heterocycles. The first-order chi connectivity index (χ1) is 13.2. The van der Waals surface area contributed by atoms with Gasteiger partial charge < -0.3 is 15.0 Å². The third-order valence-electron chi connectivity index (χ3n) is 5.31. The molecule has 3 rings (SSSR count). The zero-order valence-corrected chi connectivity index (χ0v) is 20.3. The van der Waals surface area contributed by atoms with Gasteiger partial charge in [0.1, 0.15) is 0 Å². The number of nitrogens with zero attached hydrogens (tertiary/aromatic N) is 3. The van der Waals surface area contributed by atoms with Crippen molar-refractivity contribution in [3.63, 3.8) is 0 Å². The van der Waals surface area contributed by atoms with E-state index in [9.17, 15) is 0 Å². The standard InChI is InChI=1S/C21H34N4OS.HI/c1-18(15-24-10-12-26-13-11-24)14-23-21(22-2)25-9-8-19(16-25)17-27-20-6-4-3-5-7-20;/h3-7,18-19H,8-17H2,1-2H3,(H,22,23);1H. The highest BCUT2D eigenvalue weighted by Gasteiger charge is 2.25. The SMILES string of the molecule is CN=C(NCC(C)CN1CCOCC1)N1CCC(CSc2ccccc2)C1.I. The van der Waals surface area contributed by atoms with Crippen LogP contribution in [-0.4, -0.2) is 81.0 Å². The van der Waals surface area contributed by atoms with Gasteiger partial charge in [-0.2, -0.15) is 0 Å². The minimum absolute atomic E-state index is 0. The lowest BCUT2D eigenvalue weighted by molar-refractivity contribution is 0.0320. The molecular formula is C21H35IN4OS. The average molecular weight is 519 g/mol. The zero-order valence-electron chi connectivity index (χ0n) is 17.2. The van der Waals surface area contributed by atoms with Crippen LogP contribution in [0.3, 0.4) is 0 Å². The van der Waals surface area contributed by atoms with Crippen LogP contribution >= 0.6 is 35.7 Å². The van der Waals surface area contributed by atoms with Gasteiger partial charge in [-0.1, -0.05) is 25.1 Å². The number of morpholine rings is 1. The number of guanidine groups is 1. The molecule has 0 aliphatic carbocycles. The highest BCUT2D eigenvalue weighted by atomic mass is 127. The molecule has 2 fully saturated rings. The number of ether oxygens (including phenoxy) is 1. The van der Waals surface area contributed by atoms with Crippen LogP contribution in [0.5, 0.6) is 0 Å². The summed E-state index contributed by atoms with van der Waals surface area (Å²) in [4.78, 5) is 10.8. The van der Waals surface area contributed by atoms with Crippen LogP contribution in [0.25, 0.3) is 0 Å². The highest BCUT2D eigenvalue weighted by molar-refractivity contribution is 14.0. The molecule has 1 N–H and O–H groups in total. The van der Waals surface area contributed by atoms with Crippen molar-refractivity contribution in [1.29, 1.82) is 0 Å². The Balaban J connectivity index is 0.00000280.